The summed E-state index contributed by atoms with van der Waals surface area (Å²) in [5, 5.41) is 0. The molecule has 1 nitrogen and oxygen atoms in total. The van der Waals surface area contributed by atoms with E-state index in [1.54, 1.807) is 0 Å². The molecule has 148 valence electrons. The highest BCUT2D eigenvalue weighted by atomic mass is 16.5. The Bertz CT molecular complexity index is 1360. The summed E-state index contributed by atoms with van der Waals surface area (Å²) in [5.74, 6) is 3.24. The van der Waals surface area contributed by atoms with Crippen LogP contribution in [0.15, 0.2) is 97.1 Å². The zero-order valence-electron chi connectivity index (χ0n) is 17.2. The fourth-order valence-corrected chi connectivity index (χ4v) is 5.63. The molecule has 0 N–H and O–H groups in total. The van der Waals surface area contributed by atoms with Crippen LogP contribution in [0, 0.1) is 11.8 Å². The second-order valence-electron chi connectivity index (χ2n) is 8.89. The molecule has 4 aromatic carbocycles. The average molecular weight is 399 g/mol. The molecule has 3 aliphatic rings. The molecule has 1 heteroatoms. The Balaban J connectivity index is 1.59. The second kappa shape index (κ2) is 6.46. The molecule has 4 aromatic rings. The minimum atomic E-state index is 0.599. The summed E-state index contributed by atoms with van der Waals surface area (Å²) in [5.41, 5.74) is 10.9. The van der Waals surface area contributed by atoms with E-state index in [0.717, 1.165) is 17.9 Å². The summed E-state index contributed by atoms with van der Waals surface area (Å²) in [6.45, 7) is 0. The van der Waals surface area contributed by atoms with E-state index < -0.39 is 0 Å². The van der Waals surface area contributed by atoms with Crippen LogP contribution in [0.2, 0.25) is 0 Å². The monoisotopic (exact) mass is 398 g/mol. The maximum Gasteiger partial charge on any atom is 0.135 e. The van der Waals surface area contributed by atoms with Crippen LogP contribution in [0.4, 0.5) is 0 Å². The Morgan fingerprint density at radius 1 is 0.581 bits per heavy atom. The summed E-state index contributed by atoms with van der Waals surface area (Å²) in [4.78, 5) is 0. The first-order chi connectivity index (χ1) is 15.4. The number of hydrogen-bond acceptors (Lipinski definition) is 1. The van der Waals surface area contributed by atoms with Gasteiger partial charge in [0.25, 0.3) is 0 Å². The zero-order chi connectivity index (χ0) is 20.4. The van der Waals surface area contributed by atoms with Gasteiger partial charge in [-0.15, -0.1) is 0 Å². The van der Waals surface area contributed by atoms with Crippen LogP contribution in [0.5, 0.6) is 11.5 Å². The standard InChI is InChI=1S/C30H22O/c1-2-9-19(10-3-1)21-13-8-14-22-26(21)18-20-17-25(20)30-24-12-5-7-16-28(24)31-27-15-6-4-11-23(27)29(22)30/h1-16,20,25H,17-18H2/t20-,25+/m1/s1. The maximum atomic E-state index is 6.49. The summed E-state index contributed by atoms with van der Waals surface area (Å²) < 4.78 is 6.49. The quantitative estimate of drug-likeness (QED) is 0.320. The van der Waals surface area contributed by atoms with E-state index in [-0.39, 0.29) is 0 Å². The predicted molar refractivity (Wildman–Crippen MR) is 126 cm³/mol. The van der Waals surface area contributed by atoms with Crippen LogP contribution < -0.4 is 4.74 Å². The largest absolute Gasteiger partial charge is 0.456 e. The third-order valence-electron chi connectivity index (χ3n) is 7.11. The van der Waals surface area contributed by atoms with E-state index in [1.807, 2.05) is 0 Å². The Hall–Kier alpha value is -3.58. The summed E-state index contributed by atoms with van der Waals surface area (Å²) in [7, 11) is 0. The molecule has 0 spiro atoms. The lowest BCUT2D eigenvalue weighted by atomic mass is 9.84. The first kappa shape index (κ1) is 17.1. The number of para-hydroxylation sites is 2. The maximum absolute atomic E-state index is 6.49. The molecule has 0 unspecified atom stereocenters. The predicted octanol–water partition coefficient (Wildman–Crippen LogP) is 7.61. The van der Waals surface area contributed by atoms with Crippen molar-refractivity contribution in [3.63, 3.8) is 0 Å². The van der Waals surface area contributed by atoms with Crippen molar-refractivity contribution >= 4 is 11.1 Å². The summed E-state index contributed by atoms with van der Waals surface area (Å²) in [6, 6.07) is 34.8. The van der Waals surface area contributed by atoms with Crippen molar-refractivity contribution in [3.8, 4) is 22.6 Å². The molecule has 2 aliphatic carbocycles. The lowest BCUT2D eigenvalue weighted by molar-refractivity contribution is 0.480. The number of benzene rings is 4. The number of fused-ring (bicyclic) bond motifs is 8. The van der Waals surface area contributed by atoms with Crippen LogP contribution in [0.25, 0.3) is 22.3 Å². The van der Waals surface area contributed by atoms with E-state index in [0.29, 0.717) is 11.8 Å². The van der Waals surface area contributed by atoms with Gasteiger partial charge in [-0.05, 0) is 70.2 Å². The summed E-state index contributed by atoms with van der Waals surface area (Å²) in [6.07, 6.45) is 2.40. The number of rotatable bonds is 1. The molecule has 0 amide bonds. The highest BCUT2D eigenvalue weighted by Gasteiger charge is 2.46. The fourth-order valence-electron chi connectivity index (χ4n) is 5.63. The van der Waals surface area contributed by atoms with E-state index in [1.165, 1.54) is 50.9 Å². The molecule has 0 saturated heterocycles. The Morgan fingerprint density at radius 3 is 2.06 bits per heavy atom. The Labute approximate surface area is 182 Å². The van der Waals surface area contributed by atoms with Crippen LogP contribution in [0.1, 0.15) is 28.7 Å². The highest BCUT2D eigenvalue weighted by Crippen LogP contribution is 2.60. The SMILES string of the molecule is c1ccc(-c2cccc3c2C[C@H]2C[C@@H]2C2=C3c3ccccc3Oc3ccccc32)cc1. The first-order valence-electron chi connectivity index (χ1n) is 11.2. The topological polar surface area (TPSA) is 9.23 Å². The van der Waals surface area contributed by atoms with Crippen molar-refractivity contribution in [1.82, 2.24) is 0 Å². The third-order valence-corrected chi connectivity index (χ3v) is 7.11. The van der Waals surface area contributed by atoms with Gasteiger partial charge in [0.2, 0.25) is 0 Å². The van der Waals surface area contributed by atoms with Gasteiger partial charge in [0, 0.05) is 11.1 Å². The van der Waals surface area contributed by atoms with Crippen LogP contribution in [-0.2, 0) is 6.42 Å². The molecule has 0 bridgehead atoms. The van der Waals surface area contributed by atoms with Gasteiger partial charge < -0.3 is 4.74 Å². The number of hydrogen-bond donors (Lipinski definition) is 0. The van der Waals surface area contributed by atoms with E-state index >= 15 is 0 Å². The van der Waals surface area contributed by atoms with Crippen LogP contribution in [0.3, 0.4) is 0 Å². The minimum absolute atomic E-state index is 0.599. The smallest absolute Gasteiger partial charge is 0.135 e. The van der Waals surface area contributed by atoms with Gasteiger partial charge in [-0.1, -0.05) is 84.9 Å². The van der Waals surface area contributed by atoms with Crippen molar-refractivity contribution in [1.29, 1.82) is 0 Å². The van der Waals surface area contributed by atoms with E-state index in [4.69, 9.17) is 4.74 Å². The zero-order valence-corrected chi connectivity index (χ0v) is 17.2. The van der Waals surface area contributed by atoms with Crippen molar-refractivity contribution in [2.75, 3.05) is 0 Å². The molecule has 1 aliphatic heterocycles. The second-order valence-corrected chi connectivity index (χ2v) is 8.89. The molecule has 1 saturated carbocycles. The summed E-state index contributed by atoms with van der Waals surface area (Å²) >= 11 is 0. The molecule has 1 fully saturated rings. The average Bonchev–Trinajstić information content (AvgIpc) is 3.60. The highest BCUT2D eigenvalue weighted by molar-refractivity contribution is 6.05. The van der Waals surface area contributed by atoms with E-state index in [2.05, 4.69) is 97.1 Å². The number of allylic oxidation sites excluding steroid dienone is 1. The lowest BCUT2D eigenvalue weighted by Crippen LogP contribution is -1.99. The molecule has 7 rings (SSSR count). The number of ether oxygens (including phenoxy) is 1. The van der Waals surface area contributed by atoms with Gasteiger partial charge >= 0.3 is 0 Å². The van der Waals surface area contributed by atoms with Crippen LogP contribution in [-0.4, -0.2) is 0 Å². The van der Waals surface area contributed by atoms with Gasteiger partial charge in [0.1, 0.15) is 11.5 Å². The molecule has 31 heavy (non-hydrogen) atoms. The molecule has 0 aromatic heterocycles. The van der Waals surface area contributed by atoms with Gasteiger partial charge in [0.15, 0.2) is 0 Å². The van der Waals surface area contributed by atoms with Crippen LogP contribution >= 0.6 is 0 Å². The normalized spacial score (nSPS) is 20.1. The Kier molecular flexibility index (Phi) is 3.57. The molecule has 2 atom stereocenters. The van der Waals surface area contributed by atoms with Crippen molar-refractivity contribution in [2.24, 2.45) is 11.8 Å². The van der Waals surface area contributed by atoms with E-state index in [9.17, 15) is 0 Å². The fraction of sp³-hybridized carbons (Fsp3) is 0.133. The van der Waals surface area contributed by atoms with Gasteiger partial charge in [-0.25, -0.2) is 0 Å². The lowest BCUT2D eigenvalue weighted by Gasteiger charge is -2.19. The minimum Gasteiger partial charge on any atom is -0.456 e. The first-order valence-corrected chi connectivity index (χ1v) is 11.2. The molecular weight excluding hydrogens is 376 g/mol. The van der Waals surface area contributed by atoms with Gasteiger partial charge in [-0.2, -0.15) is 0 Å². The van der Waals surface area contributed by atoms with Gasteiger partial charge in [-0.3, -0.25) is 0 Å². The molecule has 1 heterocycles. The van der Waals surface area contributed by atoms with Crippen molar-refractivity contribution < 1.29 is 4.74 Å². The Morgan fingerprint density at radius 2 is 1.23 bits per heavy atom. The molecule has 0 radical (unpaired) electrons. The molecular formula is C30H22O. The van der Waals surface area contributed by atoms with Crippen molar-refractivity contribution in [2.45, 2.75) is 12.8 Å². The van der Waals surface area contributed by atoms with Gasteiger partial charge in [0.05, 0.1) is 0 Å². The van der Waals surface area contributed by atoms with Crippen molar-refractivity contribution in [3.05, 3.63) is 119 Å². The third kappa shape index (κ3) is 2.56.